The van der Waals surface area contributed by atoms with E-state index in [-0.39, 0.29) is 24.8 Å². The van der Waals surface area contributed by atoms with Crippen LogP contribution in [0.3, 0.4) is 0 Å². The first-order valence-corrected chi connectivity index (χ1v) is 6.70. The van der Waals surface area contributed by atoms with Crippen LogP contribution in [0.2, 0.25) is 0 Å². The number of halogens is 2. The maximum Gasteiger partial charge on any atom is 0.240 e. The molecule has 0 atom stereocenters. The Hall–Kier alpha value is -1.66. The molecule has 3 rings (SSSR count). The number of nitrogens with one attached hydrogen (secondary N) is 1. The SMILES string of the molecule is Cl.Fc1cccc(OCc2noc(CNCC3CC3)n2)c1. The lowest BCUT2D eigenvalue weighted by molar-refractivity contribution is 0.283. The van der Waals surface area contributed by atoms with E-state index in [1.807, 2.05) is 0 Å². The van der Waals surface area contributed by atoms with Crippen LogP contribution in [-0.4, -0.2) is 16.7 Å². The molecular formula is C14H17ClFN3O2. The van der Waals surface area contributed by atoms with Gasteiger partial charge in [0.25, 0.3) is 0 Å². The summed E-state index contributed by atoms with van der Waals surface area (Å²) in [5.41, 5.74) is 0. The molecule has 1 aromatic heterocycles. The monoisotopic (exact) mass is 313 g/mol. The van der Waals surface area contributed by atoms with E-state index in [0.717, 1.165) is 12.5 Å². The van der Waals surface area contributed by atoms with Crippen LogP contribution < -0.4 is 10.1 Å². The van der Waals surface area contributed by atoms with Gasteiger partial charge in [0.05, 0.1) is 6.54 Å². The Morgan fingerprint density at radius 1 is 1.38 bits per heavy atom. The summed E-state index contributed by atoms with van der Waals surface area (Å²) >= 11 is 0. The zero-order valence-electron chi connectivity index (χ0n) is 11.4. The van der Waals surface area contributed by atoms with Gasteiger partial charge in [-0.25, -0.2) is 4.39 Å². The van der Waals surface area contributed by atoms with Gasteiger partial charge in [-0.3, -0.25) is 0 Å². The highest BCUT2D eigenvalue weighted by molar-refractivity contribution is 5.85. The van der Waals surface area contributed by atoms with E-state index in [2.05, 4.69) is 15.5 Å². The highest BCUT2D eigenvalue weighted by Crippen LogP contribution is 2.27. The summed E-state index contributed by atoms with van der Waals surface area (Å²) in [5.74, 6) is 1.93. The Balaban J connectivity index is 0.00000161. The van der Waals surface area contributed by atoms with E-state index < -0.39 is 0 Å². The van der Waals surface area contributed by atoms with E-state index >= 15 is 0 Å². The van der Waals surface area contributed by atoms with Gasteiger partial charge in [0, 0.05) is 6.07 Å². The van der Waals surface area contributed by atoms with E-state index in [1.54, 1.807) is 12.1 Å². The molecule has 1 aliphatic rings. The van der Waals surface area contributed by atoms with Crippen molar-refractivity contribution in [2.45, 2.75) is 26.0 Å². The number of rotatable bonds is 7. The molecule has 0 spiro atoms. The highest BCUT2D eigenvalue weighted by Gasteiger charge is 2.20. The molecule has 1 N–H and O–H groups in total. The second kappa shape index (κ2) is 7.38. The molecule has 1 fully saturated rings. The normalized spacial score (nSPS) is 13.8. The fourth-order valence-corrected chi connectivity index (χ4v) is 1.83. The van der Waals surface area contributed by atoms with Crippen molar-refractivity contribution < 1.29 is 13.7 Å². The van der Waals surface area contributed by atoms with Crippen molar-refractivity contribution in [1.29, 1.82) is 0 Å². The third-order valence-corrected chi connectivity index (χ3v) is 3.08. The van der Waals surface area contributed by atoms with Crippen LogP contribution in [0.25, 0.3) is 0 Å². The minimum Gasteiger partial charge on any atom is -0.485 e. The van der Waals surface area contributed by atoms with Crippen molar-refractivity contribution in [3.05, 3.63) is 41.8 Å². The zero-order valence-corrected chi connectivity index (χ0v) is 12.2. The van der Waals surface area contributed by atoms with Crippen LogP contribution in [0.5, 0.6) is 5.75 Å². The summed E-state index contributed by atoms with van der Waals surface area (Å²) in [6.45, 7) is 1.73. The standard InChI is InChI=1S/C14H16FN3O2.ClH/c15-11-2-1-3-12(6-11)19-9-13-17-14(20-18-13)8-16-7-10-4-5-10;/h1-3,6,10,16H,4-5,7-9H2;1H. The summed E-state index contributed by atoms with van der Waals surface area (Å²) in [6.07, 6.45) is 2.62. The lowest BCUT2D eigenvalue weighted by atomic mass is 10.3. The van der Waals surface area contributed by atoms with Gasteiger partial charge in [-0.2, -0.15) is 4.98 Å². The molecule has 1 heterocycles. The molecule has 114 valence electrons. The van der Waals surface area contributed by atoms with Crippen LogP contribution in [0, 0.1) is 11.7 Å². The van der Waals surface area contributed by atoms with Gasteiger partial charge in [-0.1, -0.05) is 11.2 Å². The minimum atomic E-state index is -0.333. The van der Waals surface area contributed by atoms with Crippen molar-refractivity contribution in [2.75, 3.05) is 6.54 Å². The lowest BCUT2D eigenvalue weighted by Crippen LogP contribution is -2.16. The summed E-state index contributed by atoms with van der Waals surface area (Å²) in [7, 11) is 0. The predicted molar refractivity (Wildman–Crippen MR) is 76.7 cm³/mol. The Labute approximate surface area is 128 Å². The van der Waals surface area contributed by atoms with E-state index in [0.29, 0.717) is 24.0 Å². The highest BCUT2D eigenvalue weighted by atomic mass is 35.5. The number of aromatic nitrogens is 2. The van der Waals surface area contributed by atoms with Gasteiger partial charge in [0.15, 0.2) is 6.61 Å². The second-order valence-corrected chi connectivity index (χ2v) is 4.92. The van der Waals surface area contributed by atoms with Crippen molar-refractivity contribution in [2.24, 2.45) is 5.92 Å². The second-order valence-electron chi connectivity index (χ2n) is 4.92. The van der Waals surface area contributed by atoms with Crippen molar-refractivity contribution >= 4 is 12.4 Å². The molecule has 0 aliphatic heterocycles. The third-order valence-electron chi connectivity index (χ3n) is 3.08. The summed E-state index contributed by atoms with van der Waals surface area (Å²) in [5, 5.41) is 7.09. The van der Waals surface area contributed by atoms with Crippen molar-refractivity contribution in [3.8, 4) is 5.75 Å². The average Bonchev–Trinajstić information content (AvgIpc) is 3.15. The molecule has 1 saturated carbocycles. The lowest BCUT2D eigenvalue weighted by Gasteiger charge is -2.02. The summed E-state index contributed by atoms with van der Waals surface area (Å²) < 4.78 is 23.5. The Kier molecular flexibility index (Phi) is 5.52. The van der Waals surface area contributed by atoms with Crippen molar-refractivity contribution in [3.63, 3.8) is 0 Å². The molecule has 0 bridgehead atoms. The summed E-state index contributed by atoms with van der Waals surface area (Å²) in [6, 6.07) is 5.96. The molecule has 0 unspecified atom stereocenters. The van der Waals surface area contributed by atoms with Gasteiger partial charge in [0.1, 0.15) is 11.6 Å². The first-order valence-electron chi connectivity index (χ1n) is 6.70. The maximum atomic E-state index is 13.0. The average molecular weight is 314 g/mol. The van der Waals surface area contributed by atoms with Crippen LogP contribution in [0.4, 0.5) is 4.39 Å². The van der Waals surface area contributed by atoms with Gasteiger partial charge in [-0.05, 0) is 37.4 Å². The first-order chi connectivity index (χ1) is 9.79. The topological polar surface area (TPSA) is 60.2 Å². The number of ether oxygens (including phenoxy) is 1. The number of hydrogen-bond acceptors (Lipinski definition) is 5. The van der Waals surface area contributed by atoms with Gasteiger partial charge in [0.2, 0.25) is 11.7 Å². The minimum absolute atomic E-state index is 0. The van der Waals surface area contributed by atoms with Crippen LogP contribution in [0.1, 0.15) is 24.6 Å². The molecular weight excluding hydrogens is 297 g/mol. The zero-order chi connectivity index (χ0) is 13.8. The van der Waals surface area contributed by atoms with E-state index in [4.69, 9.17) is 9.26 Å². The van der Waals surface area contributed by atoms with Crippen LogP contribution >= 0.6 is 12.4 Å². The molecule has 1 aromatic carbocycles. The fraction of sp³-hybridized carbons (Fsp3) is 0.429. The quantitative estimate of drug-likeness (QED) is 0.851. The third kappa shape index (κ3) is 4.99. The molecule has 1 aliphatic carbocycles. The molecule has 21 heavy (non-hydrogen) atoms. The Bertz CT molecular complexity index is 575. The van der Waals surface area contributed by atoms with Crippen LogP contribution in [0.15, 0.2) is 28.8 Å². The predicted octanol–water partition coefficient (Wildman–Crippen LogP) is 2.71. The van der Waals surface area contributed by atoms with Gasteiger partial charge < -0.3 is 14.6 Å². The Morgan fingerprint density at radius 2 is 2.24 bits per heavy atom. The molecule has 5 nitrogen and oxygen atoms in total. The molecule has 0 radical (unpaired) electrons. The fourth-order valence-electron chi connectivity index (χ4n) is 1.83. The van der Waals surface area contributed by atoms with E-state index in [1.165, 1.54) is 25.0 Å². The summed E-state index contributed by atoms with van der Waals surface area (Å²) in [4.78, 5) is 4.21. The number of hydrogen-bond donors (Lipinski definition) is 1. The number of benzene rings is 1. The Morgan fingerprint density at radius 3 is 3.00 bits per heavy atom. The van der Waals surface area contributed by atoms with Crippen LogP contribution in [-0.2, 0) is 13.2 Å². The molecule has 0 saturated heterocycles. The van der Waals surface area contributed by atoms with Gasteiger partial charge in [-0.15, -0.1) is 12.4 Å². The number of nitrogens with zero attached hydrogens (tertiary/aromatic N) is 2. The molecule has 2 aromatic rings. The smallest absolute Gasteiger partial charge is 0.240 e. The van der Waals surface area contributed by atoms with E-state index in [9.17, 15) is 4.39 Å². The van der Waals surface area contributed by atoms with Crippen molar-refractivity contribution in [1.82, 2.24) is 15.5 Å². The van der Waals surface area contributed by atoms with Gasteiger partial charge >= 0.3 is 0 Å². The molecule has 0 amide bonds. The largest absolute Gasteiger partial charge is 0.485 e. The molecule has 7 heteroatoms. The maximum absolute atomic E-state index is 13.0. The first kappa shape index (κ1) is 15.7.